The lowest BCUT2D eigenvalue weighted by molar-refractivity contribution is -0.120. The molecule has 0 saturated heterocycles. The van der Waals surface area contributed by atoms with E-state index in [0.29, 0.717) is 41.2 Å². The lowest BCUT2D eigenvalue weighted by Gasteiger charge is -2.10. The fraction of sp³-hybridized carbons (Fsp3) is 0.261. The van der Waals surface area contributed by atoms with E-state index in [1.807, 2.05) is 6.92 Å². The zero-order valence-corrected chi connectivity index (χ0v) is 17.7. The van der Waals surface area contributed by atoms with Gasteiger partial charge >= 0.3 is 0 Å². The molecule has 3 N–H and O–H groups in total. The molecular formula is C23H27N3O5. The summed E-state index contributed by atoms with van der Waals surface area (Å²) < 4.78 is 10.5. The summed E-state index contributed by atoms with van der Waals surface area (Å²) >= 11 is 0. The molecule has 164 valence electrons. The van der Waals surface area contributed by atoms with Crippen molar-refractivity contribution >= 4 is 18.0 Å². The van der Waals surface area contributed by atoms with Crippen LogP contribution >= 0.6 is 0 Å². The first-order valence-electron chi connectivity index (χ1n) is 9.82. The number of nitrogens with one attached hydrogen (secondary N) is 2. The van der Waals surface area contributed by atoms with Gasteiger partial charge < -0.3 is 19.9 Å². The second kappa shape index (κ2) is 12.0. The van der Waals surface area contributed by atoms with Crippen LogP contribution in [0.3, 0.4) is 0 Å². The Hall–Kier alpha value is -3.81. The van der Waals surface area contributed by atoms with E-state index in [2.05, 4.69) is 22.4 Å². The van der Waals surface area contributed by atoms with Gasteiger partial charge in [-0.15, -0.1) is 6.58 Å². The lowest BCUT2D eigenvalue weighted by Crippen LogP contribution is -2.29. The Labute approximate surface area is 181 Å². The topological polar surface area (TPSA) is 109 Å². The SMILES string of the molecule is C=CCc1cc(/C=N/NC(=O)CCNC(=O)c2ccc(OC)cc2)cc(OCC)c1O. The predicted molar refractivity (Wildman–Crippen MR) is 119 cm³/mol. The molecule has 0 fully saturated rings. The number of carbonyl (C=O) groups excluding carboxylic acids is 2. The van der Waals surface area contributed by atoms with E-state index in [4.69, 9.17) is 9.47 Å². The molecule has 0 saturated carbocycles. The third kappa shape index (κ3) is 7.18. The lowest BCUT2D eigenvalue weighted by atomic mass is 10.1. The maximum atomic E-state index is 12.1. The maximum Gasteiger partial charge on any atom is 0.251 e. The Balaban J connectivity index is 1.86. The minimum absolute atomic E-state index is 0.0653. The van der Waals surface area contributed by atoms with Gasteiger partial charge in [0.15, 0.2) is 11.5 Å². The normalized spacial score (nSPS) is 10.5. The number of allylic oxidation sites excluding steroid dienone is 1. The Morgan fingerprint density at radius 1 is 1.23 bits per heavy atom. The number of hydrazone groups is 1. The highest BCUT2D eigenvalue weighted by atomic mass is 16.5. The number of phenols is 1. The van der Waals surface area contributed by atoms with Crippen molar-refractivity contribution in [2.75, 3.05) is 20.3 Å². The number of amides is 2. The van der Waals surface area contributed by atoms with Crippen LogP contribution in [0.5, 0.6) is 17.2 Å². The van der Waals surface area contributed by atoms with Crippen molar-refractivity contribution in [2.24, 2.45) is 5.10 Å². The van der Waals surface area contributed by atoms with E-state index in [0.717, 1.165) is 0 Å². The monoisotopic (exact) mass is 425 g/mol. The molecule has 0 unspecified atom stereocenters. The first-order chi connectivity index (χ1) is 15.0. The summed E-state index contributed by atoms with van der Waals surface area (Å²) in [7, 11) is 1.55. The number of benzene rings is 2. The molecule has 0 atom stereocenters. The van der Waals surface area contributed by atoms with Crippen LogP contribution in [0.2, 0.25) is 0 Å². The number of rotatable bonds is 11. The Kier molecular flexibility index (Phi) is 9.10. The van der Waals surface area contributed by atoms with Crippen LogP contribution in [0.4, 0.5) is 0 Å². The summed E-state index contributed by atoms with van der Waals surface area (Å²) in [5.74, 6) is 0.446. The van der Waals surface area contributed by atoms with Crippen molar-refractivity contribution in [1.29, 1.82) is 0 Å². The Morgan fingerprint density at radius 2 is 1.97 bits per heavy atom. The number of aromatic hydroxyl groups is 1. The molecule has 0 aromatic heterocycles. The highest BCUT2D eigenvalue weighted by molar-refractivity contribution is 5.94. The second-order valence-electron chi connectivity index (χ2n) is 6.48. The minimum Gasteiger partial charge on any atom is -0.504 e. The zero-order chi connectivity index (χ0) is 22.6. The zero-order valence-electron chi connectivity index (χ0n) is 17.7. The van der Waals surface area contributed by atoms with Gasteiger partial charge in [0.25, 0.3) is 5.91 Å². The van der Waals surface area contributed by atoms with Crippen molar-refractivity contribution < 1.29 is 24.2 Å². The highest BCUT2D eigenvalue weighted by Gasteiger charge is 2.10. The molecule has 0 aliphatic carbocycles. The number of hydrogen-bond donors (Lipinski definition) is 3. The molecule has 0 radical (unpaired) electrons. The average Bonchev–Trinajstić information content (AvgIpc) is 2.77. The largest absolute Gasteiger partial charge is 0.504 e. The van der Waals surface area contributed by atoms with Crippen LogP contribution in [0.1, 0.15) is 34.8 Å². The summed E-state index contributed by atoms with van der Waals surface area (Å²) in [6.07, 6.45) is 3.67. The Bertz CT molecular complexity index is 939. The number of phenolic OH excluding ortho intramolecular Hbond substituents is 1. The standard InChI is InChI=1S/C23H27N3O5/c1-4-6-18-13-16(14-20(22(18)28)31-5-2)15-25-26-21(27)11-12-24-23(29)17-7-9-19(30-3)10-8-17/h4,7-10,13-15,28H,1,5-6,11-12H2,2-3H3,(H,24,29)(H,26,27)/b25-15+. The van der Waals surface area contributed by atoms with Crippen molar-refractivity contribution in [2.45, 2.75) is 19.8 Å². The number of carbonyl (C=O) groups is 2. The van der Waals surface area contributed by atoms with E-state index in [1.165, 1.54) is 6.21 Å². The van der Waals surface area contributed by atoms with Gasteiger partial charge in [0.1, 0.15) is 5.75 Å². The molecular weight excluding hydrogens is 398 g/mol. The fourth-order valence-corrected chi connectivity index (χ4v) is 2.71. The smallest absolute Gasteiger partial charge is 0.251 e. The van der Waals surface area contributed by atoms with E-state index < -0.39 is 0 Å². The summed E-state index contributed by atoms with van der Waals surface area (Å²) in [6, 6.07) is 10.1. The van der Waals surface area contributed by atoms with Crippen LogP contribution in [-0.4, -0.2) is 43.4 Å². The van der Waals surface area contributed by atoms with Crippen molar-refractivity contribution in [3.8, 4) is 17.2 Å². The Morgan fingerprint density at radius 3 is 2.61 bits per heavy atom. The average molecular weight is 425 g/mol. The van der Waals surface area contributed by atoms with Gasteiger partial charge in [-0.1, -0.05) is 6.08 Å². The summed E-state index contributed by atoms with van der Waals surface area (Å²) in [5, 5.41) is 16.8. The van der Waals surface area contributed by atoms with Gasteiger partial charge in [0.05, 0.1) is 19.9 Å². The molecule has 0 aliphatic heterocycles. The quantitative estimate of drug-likeness (QED) is 0.291. The molecule has 0 spiro atoms. The molecule has 0 bridgehead atoms. The van der Waals surface area contributed by atoms with Gasteiger partial charge in [-0.3, -0.25) is 9.59 Å². The summed E-state index contributed by atoms with van der Waals surface area (Å²) in [6.45, 7) is 6.07. The van der Waals surface area contributed by atoms with E-state index >= 15 is 0 Å². The maximum absolute atomic E-state index is 12.1. The molecule has 2 rings (SSSR count). The molecule has 8 nitrogen and oxygen atoms in total. The van der Waals surface area contributed by atoms with E-state index in [9.17, 15) is 14.7 Å². The van der Waals surface area contributed by atoms with Gasteiger partial charge in [-0.25, -0.2) is 5.43 Å². The third-order valence-electron chi connectivity index (χ3n) is 4.23. The minimum atomic E-state index is -0.346. The van der Waals surface area contributed by atoms with Gasteiger partial charge in [0.2, 0.25) is 5.91 Å². The van der Waals surface area contributed by atoms with Gasteiger partial charge in [0, 0.05) is 24.1 Å². The summed E-state index contributed by atoms with van der Waals surface area (Å²) in [5.41, 5.74) is 4.20. The molecule has 2 amide bonds. The van der Waals surface area contributed by atoms with Crippen LogP contribution < -0.4 is 20.2 Å². The van der Waals surface area contributed by atoms with Crippen molar-refractivity contribution in [3.63, 3.8) is 0 Å². The number of ether oxygens (including phenoxy) is 2. The number of methoxy groups -OCH3 is 1. The van der Waals surface area contributed by atoms with Crippen LogP contribution in [-0.2, 0) is 11.2 Å². The highest BCUT2D eigenvalue weighted by Crippen LogP contribution is 2.31. The first-order valence-corrected chi connectivity index (χ1v) is 9.82. The van der Waals surface area contributed by atoms with Gasteiger partial charge in [-0.2, -0.15) is 5.10 Å². The summed E-state index contributed by atoms with van der Waals surface area (Å²) in [4.78, 5) is 24.0. The number of nitrogens with zero attached hydrogens (tertiary/aromatic N) is 1. The van der Waals surface area contributed by atoms with E-state index in [1.54, 1.807) is 49.6 Å². The molecule has 31 heavy (non-hydrogen) atoms. The number of hydrogen-bond acceptors (Lipinski definition) is 6. The second-order valence-corrected chi connectivity index (χ2v) is 6.48. The molecule has 0 aliphatic rings. The molecule has 2 aromatic rings. The van der Waals surface area contributed by atoms with Gasteiger partial charge in [-0.05, 0) is 55.3 Å². The van der Waals surface area contributed by atoms with Crippen LogP contribution in [0, 0.1) is 0 Å². The third-order valence-corrected chi connectivity index (χ3v) is 4.23. The van der Waals surface area contributed by atoms with E-state index in [-0.39, 0.29) is 30.5 Å². The van der Waals surface area contributed by atoms with Crippen LogP contribution in [0.15, 0.2) is 54.2 Å². The molecule has 8 heteroatoms. The van der Waals surface area contributed by atoms with Crippen molar-refractivity contribution in [3.05, 3.63) is 65.7 Å². The van der Waals surface area contributed by atoms with Crippen molar-refractivity contribution in [1.82, 2.24) is 10.7 Å². The van der Waals surface area contributed by atoms with Crippen LogP contribution in [0.25, 0.3) is 0 Å². The molecule has 2 aromatic carbocycles. The first kappa shape index (κ1) is 23.5. The molecule has 0 heterocycles. The predicted octanol–water partition coefficient (Wildman–Crippen LogP) is 2.80. The fourth-order valence-electron chi connectivity index (χ4n) is 2.71.